The third kappa shape index (κ3) is 2.09. The number of para-hydroxylation sites is 1. The topological polar surface area (TPSA) is 49.3 Å². The molecule has 3 atom stereocenters. The van der Waals surface area contributed by atoms with Crippen LogP contribution in [0.3, 0.4) is 0 Å². The molecule has 2 fully saturated rings. The minimum absolute atomic E-state index is 0.172. The lowest BCUT2D eigenvalue weighted by Crippen LogP contribution is -2.33. The molecule has 2 aliphatic rings. The Labute approximate surface area is 107 Å². The molecule has 2 bridgehead atoms. The molecule has 2 N–H and O–H groups in total. The molecular weight excluding hydrogens is 226 g/mol. The van der Waals surface area contributed by atoms with Crippen LogP contribution in [0.4, 0.5) is 0 Å². The molecule has 96 valence electrons. The van der Waals surface area contributed by atoms with Gasteiger partial charge in [0.1, 0.15) is 5.75 Å². The molecule has 0 spiro atoms. The Bertz CT molecular complexity index is 458. The monoisotopic (exact) mass is 245 g/mol. The van der Waals surface area contributed by atoms with E-state index in [0.29, 0.717) is 12.5 Å². The summed E-state index contributed by atoms with van der Waals surface area (Å²) in [7, 11) is 0. The molecule has 3 unspecified atom stereocenters. The van der Waals surface area contributed by atoms with Crippen molar-refractivity contribution in [3.05, 3.63) is 29.8 Å². The zero-order valence-corrected chi connectivity index (χ0v) is 10.4. The number of nitrogens with one attached hydrogen (secondary N) is 1. The van der Waals surface area contributed by atoms with Crippen LogP contribution in [0, 0.1) is 17.8 Å². The Kier molecular flexibility index (Phi) is 2.98. The lowest BCUT2D eigenvalue weighted by Gasteiger charge is -2.20. The number of fused-ring (bicyclic) bond motifs is 2. The third-order valence-electron chi connectivity index (χ3n) is 4.52. The molecule has 2 saturated carbocycles. The van der Waals surface area contributed by atoms with Crippen molar-refractivity contribution in [1.29, 1.82) is 0 Å². The van der Waals surface area contributed by atoms with Crippen molar-refractivity contribution in [1.82, 2.24) is 5.32 Å². The normalized spacial score (nSPS) is 29.4. The number of carbonyl (C=O) groups excluding carboxylic acids is 1. The van der Waals surface area contributed by atoms with Crippen LogP contribution >= 0.6 is 0 Å². The maximum Gasteiger partial charge on any atom is 0.223 e. The summed E-state index contributed by atoms with van der Waals surface area (Å²) >= 11 is 0. The van der Waals surface area contributed by atoms with Gasteiger partial charge in [0.05, 0.1) is 0 Å². The number of carbonyl (C=O) groups is 1. The second-order valence-electron chi connectivity index (χ2n) is 5.63. The fourth-order valence-electron chi connectivity index (χ4n) is 3.54. The highest BCUT2D eigenvalue weighted by atomic mass is 16.3. The summed E-state index contributed by atoms with van der Waals surface area (Å²) in [5, 5.41) is 12.6. The zero-order chi connectivity index (χ0) is 12.5. The van der Waals surface area contributed by atoms with Crippen molar-refractivity contribution < 1.29 is 9.90 Å². The van der Waals surface area contributed by atoms with Crippen LogP contribution in [0.2, 0.25) is 0 Å². The summed E-state index contributed by atoms with van der Waals surface area (Å²) in [5.41, 5.74) is 0.786. The van der Waals surface area contributed by atoms with E-state index in [2.05, 4.69) is 5.32 Å². The van der Waals surface area contributed by atoms with Crippen molar-refractivity contribution in [2.24, 2.45) is 17.8 Å². The molecule has 2 aliphatic carbocycles. The molecular formula is C15H19NO2. The summed E-state index contributed by atoms with van der Waals surface area (Å²) < 4.78 is 0. The number of rotatable bonds is 3. The molecule has 0 aliphatic heterocycles. The first kappa shape index (κ1) is 11.6. The highest BCUT2D eigenvalue weighted by molar-refractivity contribution is 5.79. The van der Waals surface area contributed by atoms with Gasteiger partial charge in [0.15, 0.2) is 0 Å². The molecule has 0 radical (unpaired) electrons. The summed E-state index contributed by atoms with van der Waals surface area (Å²) in [6.07, 6.45) is 4.85. The number of hydrogen-bond donors (Lipinski definition) is 2. The minimum Gasteiger partial charge on any atom is -0.508 e. The second-order valence-corrected chi connectivity index (χ2v) is 5.63. The summed E-state index contributed by atoms with van der Waals surface area (Å²) in [6, 6.07) is 7.16. The van der Waals surface area contributed by atoms with Gasteiger partial charge in [-0.3, -0.25) is 4.79 Å². The van der Waals surface area contributed by atoms with Crippen molar-refractivity contribution >= 4 is 5.91 Å². The third-order valence-corrected chi connectivity index (χ3v) is 4.52. The quantitative estimate of drug-likeness (QED) is 0.859. The fourth-order valence-corrected chi connectivity index (χ4v) is 3.54. The van der Waals surface area contributed by atoms with Gasteiger partial charge in [0.25, 0.3) is 0 Å². The summed E-state index contributed by atoms with van der Waals surface area (Å²) in [6.45, 7) is 0.430. The van der Waals surface area contributed by atoms with Gasteiger partial charge in [-0.15, -0.1) is 0 Å². The molecule has 0 heterocycles. The van der Waals surface area contributed by atoms with E-state index in [-0.39, 0.29) is 17.6 Å². The van der Waals surface area contributed by atoms with Crippen molar-refractivity contribution in [3.8, 4) is 5.75 Å². The largest absolute Gasteiger partial charge is 0.508 e. The predicted molar refractivity (Wildman–Crippen MR) is 68.9 cm³/mol. The average molecular weight is 245 g/mol. The Balaban J connectivity index is 1.58. The molecule has 1 aromatic rings. The molecule has 1 aromatic carbocycles. The van der Waals surface area contributed by atoms with Gasteiger partial charge in [0.2, 0.25) is 5.91 Å². The second kappa shape index (κ2) is 4.63. The number of aromatic hydroxyl groups is 1. The van der Waals surface area contributed by atoms with Crippen molar-refractivity contribution in [2.45, 2.75) is 32.2 Å². The Hall–Kier alpha value is -1.51. The standard InChI is InChI=1S/C15H19NO2/c17-14-4-2-1-3-12(14)9-16-15(18)13-8-10-5-6-11(13)7-10/h1-4,10-11,13,17H,5-9H2,(H,16,18). The van der Waals surface area contributed by atoms with E-state index in [9.17, 15) is 9.90 Å². The Morgan fingerprint density at radius 3 is 2.78 bits per heavy atom. The smallest absolute Gasteiger partial charge is 0.223 e. The predicted octanol–water partition coefficient (Wildman–Crippen LogP) is 2.44. The van der Waals surface area contributed by atoms with Gasteiger partial charge in [-0.25, -0.2) is 0 Å². The summed E-state index contributed by atoms with van der Waals surface area (Å²) in [4.78, 5) is 12.1. The maximum atomic E-state index is 12.1. The number of hydrogen-bond acceptors (Lipinski definition) is 2. The zero-order valence-electron chi connectivity index (χ0n) is 10.4. The highest BCUT2D eigenvalue weighted by Crippen LogP contribution is 2.48. The van der Waals surface area contributed by atoms with Crippen LogP contribution in [-0.2, 0) is 11.3 Å². The first-order valence-electron chi connectivity index (χ1n) is 6.78. The lowest BCUT2D eigenvalue weighted by atomic mass is 9.88. The van der Waals surface area contributed by atoms with Gasteiger partial charge in [-0.2, -0.15) is 0 Å². The maximum absolute atomic E-state index is 12.1. The fraction of sp³-hybridized carbons (Fsp3) is 0.533. The van der Waals surface area contributed by atoms with E-state index < -0.39 is 0 Å². The highest BCUT2D eigenvalue weighted by Gasteiger charge is 2.42. The van der Waals surface area contributed by atoms with Gasteiger partial charge >= 0.3 is 0 Å². The van der Waals surface area contributed by atoms with Crippen molar-refractivity contribution in [3.63, 3.8) is 0 Å². The van der Waals surface area contributed by atoms with Gasteiger partial charge < -0.3 is 10.4 Å². The average Bonchev–Trinajstić information content (AvgIpc) is 2.99. The van der Waals surface area contributed by atoms with Gasteiger partial charge in [-0.1, -0.05) is 24.6 Å². The first-order valence-corrected chi connectivity index (χ1v) is 6.78. The minimum atomic E-state index is 0.172. The molecule has 3 rings (SSSR count). The number of benzene rings is 1. The molecule has 18 heavy (non-hydrogen) atoms. The van der Waals surface area contributed by atoms with E-state index in [1.165, 1.54) is 19.3 Å². The van der Waals surface area contributed by atoms with Crippen LogP contribution in [-0.4, -0.2) is 11.0 Å². The molecule has 3 heteroatoms. The molecule has 1 amide bonds. The van der Waals surface area contributed by atoms with E-state index in [1.54, 1.807) is 12.1 Å². The van der Waals surface area contributed by atoms with Gasteiger partial charge in [-0.05, 0) is 37.2 Å². The van der Waals surface area contributed by atoms with E-state index in [1.807, 2.05) is 12.1 Å². The van der Waals surface area contributed by atoms with E-state index in [0.717, 1.165) is 17.9 Å². The molecule has 0 aromatic heterocycles. The van der Waals surface area contributed by atoms with Crippen LogP contribution < -0.4 is 5.32 Å². The number of phenols is 1. The van der Waals surface area contributed by atoms with Crippen LogP contribution in [0.1, 0.15) is 31.2 Å². The van der Waals surface area contributed by atoms with Gasteiger partial charge in [0, 0.05) is 18.0 Å². The number of phenolic OH excluding ortho intramolecular Hbond substituents is 1. The first-order chi connectivity index (χ1) is 8.74. The summed E-state index contributed by atoms with van der Waals surface area (Å²) in [5.74, 6) is 2.04. The Morgan fingerprint density at radius 2 is 2.11 bits per heavy atom. The SMILES string of the molecule is O=C(NCc1ccccc1O)C1CC2CCC1C2. The number of amides is 1. The van der Waals surface area contributed by atoms with Crippen molar-refractivity contribution in [2.75, 3.05) is 0 Å². The van der Waals surface area contributed by atoms with Crippen LogP contribution in [0.25, 0.3) is 0 Å². The van der Waals surface area contributed by atoms with Crippen LogP contribution in [0.15, 0.2) is 24.3 Å². The van der Waals surface area contributed by atoms with E-state index in [4.69, 9.17) is 0 Å². The van der Waals surface area contributed by atoms with Crippen LogP contribution in [0.5, 0.6) is 5.75 Å². The lowest BCUT2D eigenvalue weighted by molar-refractivity contribution is -0.126. The Morgan fingerprint density at radius 1 is 1.28 bits per heavy atom. The molecule has 0 saturated heterocycles. The van der Waals surface area contributed by atoms with E-state index >= 15 is 0 Å². The molecule has 3 nitrogen and oxygen atoms in total.